The van der Waals surface area contributed by atoms with Crippen LogP contribution in [0.25, 0.3) is 22.2 Å². The van der Waals surface area contributed by atoms with Gasteiger partial charge in [-0.1, -0.05) is 90.9 Å². The number of carbonyl (C=O) groups is 2. The molecule has 1 aliphatic carbocycles. The lowest BCUT2D eigenvalue weighted by Gasteiger charge is -2.22. The van der Waals surface area contributed by atoms with Crippen molar-refractivity contribution in [3.05, 3.63) is 118 Å². The number of carbonyl (C=O) groups excluding carboxylic acids is 1. The minimum Gasteiger partial charge on any atom is -0.506 e. The zero-order chi connectivity index (χ0) is 27.8. The van der Waals surface area contributed by atoms with Gasteiger partial charge in [-0.05, 0) is 55.4 Å². The molecule has 1 aromatic heterocycles. The topological polar surface area (TPSA) is 79.5 Å². The Morgan fingerprint density at radius 1 is 0.923 bits per heavy atom. The monoisotopic (exact) mass is 521 g/mol. The molecule has 1 aliphatic rings. The molecule has 0 atom stereocenters. The molecule has 0 saturated carbocycles. The lowest BCUT2D eigenvalue weighted by atomic mass is 9.82. The number of rotatable bonds is 5. The number of Topliss-reactive ketones (excluding diaryl/α,β-unsaturated/α-hetero) is 1. The van der Waals surface area contributed by atoms with Crippen molar-refractivity contribution in [2.45, 2.75) is 52.5 Å². The first-order chi connectivity index (χ1) is 19.0. The van der Waals surface area contributed by atoms with Gasteiger partial charge in [0, 0.05) is 35.6 Å². The molecule has 4 aromatic rings. The van der Waals surface area contributed by atoms with Gasteiger partial charge in [-0.2, -0.15) is 0 Å². The first kappa shape index (κ1) is 27.6. The molecular weight excluding hydrogens is 486 g/mol. The number of fused-ring (bicyclic) bond motifs is 1. The molecule has 0 aliphatic heterocycles. The number of nitrogens with zero attached hydrogens (tertiary/aromatic N) is 1. The molecule has 0 saturated heterocycles. The first-order valence-corrected chi connectivity index (χ1v) is 13.4. The van der Waals surface area contributed by atoms with Crippen molar-refractivity contribution in [1.82, 2.24) is 4.57 Å². The van der Waals surface area contributed by atoms with Crippen LogP contribution in [0.3, 0.4) is 0 Å². The number of aliphatic hydroxyl groups is 1. The third-order valence-corrected chi connectivity index (χ3v) is 7.26. The minimum absolute atomic E-state index is 0.0219. The van der Waals surface area contributed by atoms with E-state index in [0.717, 1.165) is 47.7 Å². The Morgan fingerprint density at radius 3 is 2.26 bits per heavy atom. The predicted octanol–water partition coefficient (Wildman–Crippen LogP) is 7.97. The molecule has 0 amide bonds. The van der Waals surface area contributed by atoms with Crippen molar-refractivity contribution in [3.63, 3.8) is 0 Å². The number of aliphatic hydroxyl groups excluding tert-OH is 1. The fourth-order valence-electron chi connectivity index (χ4n) is 5.34. The second kappa shape index (κ2) is 12.9. The number of carboxylic acid groups (broad SMARTS) is 1. The SMILES string of the molecule is CCC1=C(c2ccc(C)cc2)C(=C(O)c2cn(Cc3ccccc3)c3ccccc23)C(=O)CCCC1.O=CO. The second-order valence-electron chi connectivity index (χ2n) is 9.83. The third kappa shape index (κ3) is 6.20. The van der Waals surface area contributed by atoms with Crippen LogP contribution in [-0.4, -0.2) is 27.0 Å². The molecule has 3 aromatic carbocycles. The smallest absolute Gasteiger partial charge is 0.290 e. The summed E-state index contributed by atoms with van der Waals surface area (Å²) in [5, 5.41) is 19.8. The van der Waals surface area contributed by atoms with Gasteiger partial charge < -0.3 is 14.8 Å². The Balaban J connectivity index is 0.00000112. The standard InChI is InChI=1S/C33H33NO2.CH2O2/c1-3-25-13-7-10-16-30(35)32(31(25)26-19-17-23(2)18-20-26)33(36)28-22-34(21-24-11-5-4-6-12-24)29-15-9-8-14-27(28)29;2-1-3/h4-6,8-9,11-12,14-15,17-20,22,36H,3,7,10,13,16,21H2,1-2H3;1H,(H,2,3). The Morgan fingerprint density at radius 2 is 1.56 bits per heavy atom. The lowest BCUT2D eigenvalue weighted by molar-refractivity contribution is -0.123. The number of ketones is 1. The normalized spacial score (nSPS) is 15.3. The molecule has 0 spiro atoms. The van der Waals surface area contributed by atoms with Crippen LogP contribution in [0.15, 0.2) is 96.2 Å². The number of hydrogen-bond acceptors (Lipinski definition) is 3. The van der Waals surface area contributed by atoms with E-state index >= 15 is 0 Å². The van der Waals surface area contributed by atoms with Crippen LogP contribution in [0.1, 0.15) is 61.3 Å². The number of benzene rings is 3. The number of aryl methyl sites for hydroxylation is 1. The quantitative estimate of drug-likeness (QED) is 0.159. The van der Waals surface area contributed by atoms with Crippen molar-refractivity contribution in [1.29, 1.82) is 0 Å². The molecule has 200 valence electrons. The summed E-state index contributed by atoms with van der Waals surface area (Å²) in [4.78, 5) is 22.0. The van der Waals surface area contributed by atoms with Gasteiger partial charge in [-0.3, -0.25) is 9.59 Å². The van der Waals surface area contributed by atoms with Crippen molar-refractivity contribution in [2.24, 2.45) is 0 Å². The van der Waals surface area contributed by atoms with Gasteiger partial charge in [-0.25, -0.2) is 0 Å². The highest BCUT2D eigenvalue weighted by Gasteiger charge is 2.27. The first-order valence-electron chi connectivity index (χ1n) is 13.4. The molecule has 1 heterocycles. The van der Waals surface area contributed by atoms with Gasteiger partial charge in [0.15, 0.2) is 5.78 Å². The summed E-state index contributed by atoms with van der Waals surface area (Å²) in [6, 6.07) is 26.8. The van der Waals surface area contributed by atoms with Crippen LogP contribution >= 0.6 is 0 Å². The predicted molar refractivity (Wildman–Crippen MR) is 158 cm³/mol. The van der Waals surface area contributed by atoms with Gasteiger partial charge in [-0.15, -0.1) is 0 Å². The summed E-state index contributed by atoms with van der Waals surface area (Å²) in [7, 11) is 0. The van der Waals surface area contributed by atoms with Gasteiger partial charge >= 0.3 is 0 Å². The number of para-hydroxylation sites is 1. The molecule has 5 nitrogen and oxygen atoms in total. The van der Waals surface area contributed by atoms with Gasteiger partial charge in [0.05, 0.1) is 5.57 Å². The van der Waals surface area contributed by atoms with Crippen molar-refractivity contribution in [2.75, 3.05) is 0 Å². The van der Waals surface area contributed by atoms with Crippen LogP contribution in [0.2, 0.25) is 0 Å². The fourth-order valence-corrected chi connectivity index (χ4v) is 5.34. The Kier molecular flexibility index (Phi) is 9.16. The van der Waals surface area contributed by atoms with Crippen LogP contribution in [0.4, 0.5) is 0 Å². The van der Waals surface area contributed by atoms with Gasteiger partial charge in [0.2, 0.25) is 0 Å². The highest BCUT2D eigenvalue weighted by molar-refractivity contribution is 6.17. The maximum absolute atomic E-state index is 13.7. The second-order valence-corrected chi connectivity index (χ2v) is 9.83. The van der Waals surface area contributed by atoms with E-state index in [2.05, 4.69) is 60.9 Å². The molecule has 5 heteroatoms. The van der Waals surface area contributed by atoms with Crippen LogP contribution in [0.5, 0.6) is 0 Å². The molecule has 2 N–H and O–H groups in total. The average molecular weight is 522 g/mol. The Hall–Kier alpha value is -4.38. The Labute approximate surface area is 229 Å². The van der Waals surface area contributed by atoms with Crippen molar-refractivity contribution < 1.29 is 19.8 Å². The molecular formula is C34H35NO4. The molecule has 39 heavy (non-hydrogen) atoms. The summed E-state index contributed by atoms with van der Waals surface area (Å²) < 4.78 is 2.17. The summed E-state index contributed by atoms with van der Waals surface area (Å²) >= 11 is 0. The Bertz CT molecular complexity index is 1510. The molecule has 0 fully saturated rings. The zero-order valence-corrected chi connectivity index (χ0v) is 22.6. The van der Waals surface area contributed by atoms with E-state index in [1.807, 2.05) is 42.6 Å². The maximum atomic E-state index is 13.7. The molecule has 5 rings (SSSR count). The van der Waals surface area contributed by atoms with E-state index < -0.39 is 0 Å². The van der Waals surface area contributed by atoms with E-state index in [0.29, 0.717) is 24.1 Å². The van der Waals surface area contributed by atoms with Crippen molar-refractivity contribution in [3.8, 4) is 0 Å². The summed E-state index contributed by atoms with van der Waals surface area (Å²) in [5.41, 5.74) is 7.74. The fraction of sp³-hybridized carbons (Fsp3) is 0.235. The van der Waals surface area contributed by atoms with E-state index in [4.69, 9.17) is 9.90 Å². The van der Waals surface area contributed by atoms with Crippen LogP contribution in [0, 0.1) is 6.92 Å². The average Bonchev–Trinajstić information content (AvgIpc) is 3.31. The van der Waals surface area contributed by atoms with E-state index in [-0.39, 0.29) is 18.0 Å². The number of allylic oxidation sites excluding steroid dienone is 3. The highest BCUT2D eigenvalue weighted by Crippen LogP contribution is 2.39. The highest BCUT2D eigenvalue weighted by atomic mass is 16.3. The molecule has 0 unspecified atom stereocenters. The number of hydrogen-bond donors (Lipinski definition) is 2. The van der Waals surface area contributed by atoms with Crippen molar-refractivity contribution >= 4 is 34.5 Å². The lowest BCUT2D eigenvalue weighted by Crippen LogP contribution is -2.12. The summed E-state index contributed by atoms with van der Waals surface area (Å²) in [6.45, 7) is 4.66. The van der Waals surface area contributed by atoms with E-state index in [1.165, 1.54) is 16.7 Å². The van der Waals surface area contributed by atoms with Gasteiger partial charge in [0.1, 0.15) is 5.76 Å². The maximum Gasteiger partial charge on any atom is 0.290 e. The van der Waals surface area contributed by atoms with E-state index in [9.17, 15) is 9.90 Å². The van der Waals surface area contributed by atoms with Gasteiger partial charge in [0.25, 0.3) is 6.47 Å². The molecule has 0 radical (unpaired) electrons. The van der Waals surface area contributed by atoms with E-state index in [1.54, 1.807) is 0 Å². The van der Waals surface area contributed by atoms with Crippen LogP contribution in [-0.2, 0) is 16.1 Å². The number of aromatic nitrogens is 1. The minimum atomic E-state index is -0.250. The largest absolute Gasteiger partial charge is 0.506 e. The third-order valence-electron chi connectivity index (χ3n) is 7.26. The zero-order valence-electron chi connectivity index (χ0n) is 22.6. The summed E-state index contributed by atoms with van der Waals surface area (Å²) in [5.74, 6) is 0.111. The molecule has 0 bridgehead atoms. The summed E-state index contributed by atoms with van der Waals surface area (Å²) in [6.07, 6.45) is 6.09. The van der Waals surface area contributed by atoms with Crippen LogP contribution < -0.4 is 0 Å².